The van der Waals surface area contributed by atoms with Crippen LogP contribution in [-0.2, 0) is 6.54 Å². The smallest absolute Gasteiger partial charge is 0.278 e. The predicted molar refractivity (Wildman–Crippen MR) is 93.5 cm³/mol. The molecule has 1 amide bonds. The molecular weight excluding hydrogens is 328 g/mol. The molecule has 1 N–H and O–H groups in total. The van der Waals surface area contributed by atoms with Gasteiger partial charge in [-0.05, 0) is 18.8 Å². The van der Waals surface area contributed by atoms with E-state index in [9.17, 15) is 4.79 Å². The lowest BCUT2D eigenvalue weighted by atomic mass is 10.2. The highest BCUT2D eigenvalue weighted by Gasteiger charge is 2.20. The summed E-state index contributed by atoms with van der Waals surface area (Å²) in [6.45, 7) is 6.79. The van der Waals surface area contributed by atoms with Crippen molar-refractivity contribution in [3.8, 4) is 0 Å². The summed E-state index contributed by atoms with van der Waals surface area (Å²) in [5, 5.41) is 3.02. The Hall–Kier alpha value is -2.15. The summed E-state index contributed by atoms with van der Waals surface area (Å²) < 4.78 is 1.90. The standard InChI is InChI=1S/C16H21ClN6O/c1-11(2)10-23-8-5-18-15(23)21-14(24)13-12(17)9-19-16(20-13)22-6-3-4-7-22/h5,8-9,11H,3-4,6-7,10H2,1-2H3,(H,18,21,24). The van der Waals surface area contributed by atoms with Gasteiger partial charge in [0.05, 0.1) is 11.2 Å². The number of carbonyl (C=O) groups excluding carboxylic acids is 1. The molecule has 1 aliphatic rings. The normalized spacial score (nSPS) is 14.4. The van der Waals surface area contributed by atoms with Gasteiger partial charge in [0.2, 0.25) is 11.9 Å². The van der Waals surface area contributed by atoms with E-state index in [1.54, 1.807) is 6.20 Å². The van der Waals surface area contributed by atoms with Crippen LogP contribution >= 0.6 is 11.6 Å². The number of hydrogen-bond acceptors (Lipinski definition) is 5. The van der Waals surface area contributed by atoms with Gasteiger partial charge in [-0.2, -0.15) is 0 Å². The average Bonchev–Trinajstić information content (AvgIpc) is 3.20. The van der Waals surface area contributed by atoms with Crippen molar-refractivity contribution in [2.24, 2.45) is 5.92 Å². The fraction of sp³-hybridized carbons (Fsp3) is 0.500. The van der Waals surface area contributed by atoms with Gasteiger partial charge in [0.1, 0.15) is 0 Å². The molecule has 2 aromatic heterocycles. The highest BCUT2D eigenvalue weighted by molar-refractivity contribution is 6.33. The minimum Gasteiger partial charge on any atom is -0.341 e. The van der Waals surface area contributed by atoms with E-state index in [1.807, 2.05) is 10.8 Å². The summed E-state index contributed by atoms with van der Waals surface area (Å²) >= 11 is 6.13. The Morgan fingerprint density at radius 2 is 2.08 bits per heavy atom. The first-order valence-electron chi connectivity index (χ1n) is 8.14. The topological polar surface area (TPSA) is 75.9 Å². The number of aromatic nitrogens is 4. The molecule has 1 saturated heterocycles. The fourth-order valence-electron chi connectivity index (χ4n) is 2.72. The minimum atomic E-state index is -0.376. The third-order valence-electron chi connectivity index (χ3n) is 3.84. The Labute approximate surface area is 146 Å². The van der Waals surface area contributed by atoms with Gasteiger partial charge in [0.25, 0.3) is 5.91 Å². The molecule has 3 heterocycles. The molecule has 0 bridgehead atoms. The summed E-state index contributed by atoms with van der Waals surface area (Å²) in [5.74, 6) is 1.11. The fourth-order valence-corrected chi connectivity index (χ4v) is 2.90. The molecular formula is C16H21ClN6O. The molecule has 1 aliphatic heterocycles. The van der Waals surface area contributed by atoms with Gasteiger partial charge in [0, 0.05) is 32.0 Å². The van der Waals surface area contributed by atoms with Crippen LogP contribution < -0.4 is 10.2 Å². The van der Waals surface area contributed by atoms with E-state index in [1.165, 1.54) is 6.20 Å². The maximum atomic E-state index is 12.6. The lowest BCUT2D eigenvalue weighted by Crippen LogP contribution is -2.23. The first-order valence-corrected chi connectivity index (χ1v) is 8.52. The zero-order valence-electron chi connectivity index (χ0n) is 13.9. The van der Waals surface area contributed by atoms with Gasteiger partial charge in [-0.15, -0.1) is 0 Å². The lowest BCUT2D eigenvalue weighted by molar-refractivity contribution is 0.102. The summed E-state index contributed by atoms with van der Waals surface area (Å²) in [5.41, 5.74) is 0.174. The third kappa shape index (κ3) is 3.67. The Morgan fingerprint density at radius 1 is 1.33 bits per heavy atom. The Kier molecular flexibility index (Phi) is 4.99. The van der Waals surface area contributed by atoms with Crippen LogP contribution in [0.4, 0.5) is 11.9 Å². The molecule has 0 unspecified atom stereocenters. The van der Waals surface area contributed by atoms with E-state index in [4.69, 9.17) is 11.6 Å². The SMILES string of the molecule is CC(C)Cn1ccnc1NC(=O)c1nc(N2CCCC2)ncc1Cl. The number of nitrogens with one attached hydrogen (secondary N) is 1. The van der Waals surface area contributed by atoms with Crippen molar-refractivity contribution in [2.45, 2.75) is 33.2 Å². The van der Waals surface area contributed by atoms with Crippen molar-refractivity contribution < 1.29 is 4.79 Å². The van der Waals surface area contributed by atoms with Crippen LogP contribution in [0.25, 0.3) is 0 Å². The van der Waals surface area contributed by atoms with Crippen LogP contribution in [0.3, 0.4) is 0 Å². The second kappa shape index (κ2) is 7.17. The molecule has 24 heavy (non-hydrogen) atoms. The second-order valence-electron chi connectivity index (χ2n) is 6.31. The van der Waals surface area contributed by atoms with Crippen LogP contribution in [0.1, 0.15) is 37.2 Å². The highest BCUT2D eigenvalue weighted by atomic mass is 35.5. The molecule has 128 valence electrons. The van der Waals surface area contributed by atoms with Gasteiger partial charge in [0.15, 0.2) is 5.69 Å². The van der Waals surface area contributed by atoms with E-state index < -0.39 is 0 Å². The number of anilines is 2. The van der Waals surface area contributed by atoms with E-state index in [2.05, 4.69) is 39.0 Å². The van der Waals surface area contributed by atoms with Crippen LogP contribution in [0.2, 0.25) is 5.02 Å². The number of rotatable bonds is 5. The summed E-state index contributed by atoms with van der Waals surface area (Å²) in [7, 11) is 0. The summed E-state index contributed by atoms with van der Waals surface area (Å²) in [6, 6.07) is 0. The number of carbonyl (C=O) groups is 1. The van der Waals surface area contributed by atoms with Crippen molar-refractivity contribution >= 4 is 29.4 Å². The van der Waals surface area contributed by atoms with Crippen LogP contribution in [0.15, 0.2) is 18.6 Å². The Bertz CT molecular complexity index is 723. The molecule has 0 spiro atoms. The van der Waals surface area contributed by atoms with Crippen LogP contribution in [0, 0.1) is 5.92 Å². The largest absolute Gasteiger partial charge is 0.341 e. The third-order valence-corrected chi connectivity index (χ3v) is 4.11. The van der Waals surface area contributed by atoms with Gasteiger partial charge < -0.3 is 9.47 Å². The maximum Gasteiger partial charge on any atom is 0.278 e. The van der Waals surface area contributed by atoms with Crippen LogP contribution in [-0.4, -0.2) is 38.5 Å². The molecule has 0 saturated carbocycles. The molecule has 7 nitrogen and oxygen atoms in total. The highest BCUT2D eigenvalue weighted by Crippen LogP contribution is 2.20. The van der Waals surface area contributed by atoms with Crippen LogP contribution in [0.5, 0.6) is 0 Å². The van der Waals surface area contributed by atoms with Gasteiger partial charge >= 0.3 is 0 Å². The van der Waals surface area contributed by atoms with E-state index in [-0.39, 0.29) is 16.6 Å². The van der Waals surface area contributed by atoms with Crippen molar-refractivity contribution in [3.63, 3.8) is 0 Å². The Morgan fingerprint density at radius 3 is 2.79 bits per heavy atom. The monoisotopic (exact) mass is 348 g/mol. The summed E-state index contributed by atoms with van der Waals surface area (Å²) in [4.78, 5) is 27.4. The molecule has 8 heteroatoms. The van der Waals surface area contributed by atoms with E-state index in [0.29, 0.717) is 17.8 Å². The van der Waals surface area contributed by atoms with Gasteiger partial charge in [-0.25, -0.2) is 15.0 Å². The first-order chi connectivity index (χ1) is 11.5. The minimum absolute atomic E-state index is 0.174. The van der Waals surface area contributed by atoms with Gasteiger partial charge in [-0.3, -0.25) is 10.1 Å². The lowest BCUT2D eigenvalue weighted by Gasteiger charge is -2.16. The number of amides is 1. The van der Waals surface area contributed by atoms with Crippen molar-refractivity contribution in [2.75, 3.05) is 23.3 Å². The Balaban J connectivity index is 1.79. The maximum absolute atomic E-state index is 12.6. The molecule has 2 aromatic rings. The summed E-state index contributed by atoms with van der Waals surface area (Å²) in [6.07, 6.45) is 7.21. The number of nitrogens with zero attached hydrogens (tertiary/aromatic N) is 5. The molecule has 0 aliphatic carbocycles. The van der Waals surface area contributed by atoms with Gasteiger partial charge in [-0.1, -0.05) is 25.4 Å². The number of hydrogen-bond donors (Lipinski definition) is 1. The van der Waals surface area contributed by atoms with Crippen molar-refractivity contribution in [3.05, 3.63) is 29.3 Å². The quantitative estimate of drug-likeness (QED) is 0.899. The predicted octanol–water partition coefficient (Wildman–Crippen LogP) is 2.84. The zero-order valence-corrected chi connectivity index (χ0v) is 14.6. The van der Waals surface area contributed by atoms with E-state index >= 15 is 0 Å². The molecule has 1 fully saturated rings. The second-order valence-corrected chi connectivity index (χ2v) is 6.72. The molecule has 0 atom stereocenters. The zero-order chi connectivity index (χ0) is 17.1. The first kappa shape index (κ1) is 16.7. The number of imidazole rings is 1. The average molecular weight is 349 g/mol. The number of halogens is 1. The molecule has 0 radical (unpaired) electrons. The molecule has 3 rings (SSSR count). The molecule has 0 aromatic carbocycles. The van der Waals surface area contributed by atoms with Crippen molar-refractivity contribution in [1.82, 2.24) is 19.5 Å². The van der Waals surface area contributed by atoms with E-state index in [0.717, 1.165) is 32.5 Å². The van der Waals surface area contributed by atoms with Crippen molar-refractivity contribution in [1.29, 1.82) is 0 Å².